The molecule has 0 aliphatic rings. The van der Waals surface area contributed by atoms with Crippen LogP contribution in [0.25, 0.3) is 0 Å². The second-order valence-corrected chi connectivity index (χ2v) is 4.93. The number of carbonyl (C=O) groups is 1. The highest BCUT2D eigenvalue weighted by atomic mass is 19.4. The quantitative estimate of drug-likeness (QED) is 0.919. The Hall–Kier alpha value is -2.51. The van der Waals surface area contributed by atoms with Crippen molar-refractivity contribution in [2.45, 2.75) is 25.7 Å². The van der Waals surface area contributed by atoms with Crippen LogP contribution in [0.2, 0.25) is 0 Å². The van der Waals surface area contributed by atoms with Crippen molar-refractivity contribution in [1.82, 2.24) is 15.1 Å². The smallest absolute Gasteiger partial charge is 0.435 e. The zero-order chi connectivity index (χ0) is 17.0. The minimum Gasteiger partial charge on any atom is -0.496 e. The molecule has 1 heterocycles. The lowest BCUT2D eigenvalue weighted by molar-refractivity contribution is -0.141. The summed E-state index contributed by atoms with van der Waals surface area (Å²) in [7, 11) is 1.52. The van der Waals surface area contributed by atoms with Gasteiger partial charge in [0.05, 0.1) is 13.2 Å². The van der Waals surface area contributed by atoms with Gasteiger partial charge in [0, 0.05) is 11.8 Å². The maximum atomic E-state index is 12.5. The van der Waals surface area contributed by atoms with Gasteiger partial charge in [-0.3, -0.25) is 9.48 Å². The standard InChI is InChI=1S/C15H16F3N3O2/c1-10(11-5-3-4-6-12(11)23-2)19-14(22)9-21-8-7-13(20-21)15(16,17)18/h3-8,10H,9H2,1-2H3,(H,19,22)/t10-/m1/s1. The molecule has 23 heavy (non-hydrogen) atoms. The third-order valence-corrected chi connectivity index (χ3v) is 3.22. The minimum atomic E-state index is -4.52. The molecule has 1 atom stereocenters. The molecule has 0 unspecified atom stereocenters. The van der Waals surface area contributed by atoms with Crippen molar-refractivity contribution in [1.29, 1.82) is 0 Å². The van der Waals surface area contributed by atoms with E-state index in [0.717, 1.165) is 22.5 Å². The number of alkyl halides is 3. The van der Waals surface area contributed by atoms with Gasteiger partial charge in [-0.2, -0.15) is 18.3 Å². The number of aromatic nitrogens is 2. The van der Waals surface area contributed by atoms with Crippen LogP contribution in [-0.4, -0.2) is 22.8 Å². The topological polar surface area (TPSA) is 56.1 Å². The lowest BCUT2D eigenvalue weighted by atomic mass is 10.1. The molecule has 0 radical (unpaired) electrons. The van der Waals surface area contributed by atoms with E-state index in [-0.39, 0.29) is 12.6 Å². The van der Waals surface area contributed by atoms with Crippen LogP contribution >= 0.6 is 0 Å². The molecular weight excluding hydrogens is 311 g/mol. The Kier molecular flexibility index (Phi) is 4.92. The van der Waals surface area contributed by atoms with Gasteiger partial charge < -0.3 is 10.1 Å². The molecule has 124 valence electrons. The molecule has 0 bridgehead atoms. The van der Waals surface area contributed by atoms with E-state index in [4.69, 9.17) is 4.74 Å². The van der Waals surface area contributed by atoms with Crippen molar-refractivity contribution in [2.75, 3.05) is 7.11 Å². The fourth-order valence-corrected chi connectivity index (χ4v) is 2.14. The number of rotatable bonds is 5. The molecule has 0 spiro atoms. The third kappa shape index (κ3) is 4.24. The predicted molar refractivity (Wildman–Crippen MR) is 76.8 cm³/mol. The summed E-state index contributed by atoms with van der Waals surface area (Å²) in [5.74, 6) is 0.180. The molecule has 1 aromatic heterocycles. The zero-order valence-corrected chi connectivity index (χ0v) is 12.6. The molecule has 0 aliphatic carbocycles. The summed E-state index contributed by atoms with van der Waals surface area (Å²) in [5.41, 5.74) is -0.247. The van der Waals surface area contributed by atoms with Crippen molar-refractivity contribution < 1.29 is 22.7 Å². The SMILES string of the molecule is COc1ccccc1[C@@H](C)NC(=O)Cn1ccc(C(F)(F)F)n1. The summed E-state index contributed by atoms with van der Waals surface area (Å²) < 4.78 is 43.6. The van der Waals surface area contributed by atoms with Gasteiger partial charge in [0.25, 0.3) is 0 Å². The fourth-order valence-electron chi connectivity index (χ4n) is 2.14. The highest BCUT2D eigenvalue weighted by molar-refractivity contribution is 5.76. The van der Waals surface area contributed by atoms with Crippen LogP contribution in [0.1, 0.15) is 24.2 Å². The number of amides is 1. The van der Waals surface area contributed by atoms with Crippen molar-refractivity contribution >= 4 is 5.91 Å². The monoisotopic (exact) mass is 327 g/mol. The zero-order valence-electron chi connectivity index (χ0n) is 12.6. The molecule has 0 fully saturated rings. The Morgan fingerprint density at radius 3 is 2.65 bits per heavy atom. The highest BCUT2D eigenvalue weighted by Gasteiger charge is 2.33. The van der Waals surface area contributed by atoms with Crippen LogP contribution in [0, 0.1) is 0 Å². The van der Waals surface area contributed by atoms with E-state index >= 15 is 0 Å². The first-order chi connectivity index (χ1) is 10.8. The van der Waals surface area contributed by atoms with E-state index in [1.54, 1.807) is 25.1 Å². The van der Waals surface area contributed by atoms with Crippen molar-refractivity contribution in [3.8, 4) is 5.75 Å². The number of para-hydroxylation sites is 1. The van der Waals surface area contributed by atoms with Gasteiger partial charge in [-0.05, 0) is 19.1 Å². The molecule has 5 nitrogen and oxygen atoms in total. The number of ether oxygens (including phenoxy) is 1. The minimum absolute atomic E-state index is 0.296. The Bertz CT molecular complexity index is 683. The van der Waals surface area contributed by atoms with Gasteiger partial charge in [-0.25, -0.2) is 0 Å². The lowest BCUT2D eigenvalue weighted by Crippen LogP contribution is -2.30. The molecule has 1 amide bonds. The summed E-state index contributed by atoms with van der Waals surface area (Å²) in [6.07, 6.45) is -3.40. The van der Waals surface area contributed by atoms with Crippen LogP contribution in [0.3, 0.4) is 0 Å². The molecule has 2 rings (SSSR count). The Balaban J connectivity index is 2.00. The summed E-state index contributed by atoms with van der Waals surface area (Å²) >= 11 is 0. The van der Waals surface area contributed by atoms with E-state index in [2.05, 4.69) is 10.4 Å². The maximum absolute atomic E-state index is 12.5. The van der Waals surface area contributed by atoms with Crippen LogP contribution in [-0.2, 0) is 17.5 Å². The van der Waals surface area contributed by atoms with Gasteiger partial charge in [0.2, 0.25) is 5.91 Å². The number of halogens is 3. The molecule has 0 saturated heterocycles. The van der Waals surface area contributed by atoms with Gasteiger partial charge in [-0.15, -0.1) is 0 Å². The second-order valence-electron chi connectivity index (χ2n) is 4.93. The average molecular weight is 327 g/mol. The Labute approximate surface area is 131 Å². The van der Waals surface area contributed by atoms with Gasteiger partial charge >= 0.3 is 6.18 Å². The molecule has 0 saturated carbocycles. The summed E-state index contributed by atoms with van der Waals surface area (Å²) in [4.78, 5) is 12.0. The molecular formula is C15H16F3N3O2. The molecule has 1 N–H and O–H groups in total. The maximum Gasteiger partial charge on any atom is 0.435 e. The van der Waals surface area contributed by atoms with Crippen LogP contribution in [0.4, 0.5) is 13.2 Å². The second kappa shape index (κ2) is 6.72. The van der Waals surface area contributed by atoms with Crippen LogP contribution < -0.4 is 10.1 Å². The van der Waals surface area contributed by atoms with Gasteiger partial charge in [-0.1, -0.05) is 18.2 Å². The lowest BCUT2D eigenvalue weighted by Gasteiger charge is -2.17. The first-order valence-corrected chi connectivity index (χ1v) is 6.84. The van der Waals surface area contributed by atoms with Crippen molar-refractivity contribution in [3.05, 3.63) is 47.8 Å². The first-order valence-electron chi connectivity index (χ1n) is 6.84. The van der Waals surface area contributed by atoms with Gasteiger partial charge in [0.1, 0.15) is 12.3 Å². The van der Waals surface area contributed by atoms with E-state index in [1.807, 2.05) is 6.07 Å². The number of nitrogens with one attached hydrogen (secondary N) is 1. The predicted octanol–water partition coefficient (Wildman–Crippen LogP) is 2.79. The van der Waals surface area contributed by atoms with E-state index < -0.39 is 17.8 Å². The number of hydrogen-bond donors (Lipinski definition) is 1. The van der Waals surface area contributed by atoms with Crippen molar-refractivity contribution in [2.24, 2.45) is 0 Å². The van der Waals surface area contributed by atoms with Crippen molar-refractivity contribution in [3.63, 3.8) is 0 Å². The number of benzene rings is 1. The number of carbonyl (C=O) groups excluding carboxylic acids is 1. The molecule has 0 aliphatic heterocycles. The summed E-state index contributed by atoms with van der Waals surface area (Å²) in [6.45, 7) is 1.47. The number of methoxy groups -OCH3 is 1. The number of nitrogens with zero attached hydrogens (tertiary/aromatic N) is 2. The van der Waals surface area contributed by atoms with E-state index in [9.17, 15) is 18.0 Å². The summed E-state index contributed by atoms with van der Waals surface area (Å²) in [6, 6.07) is 7.66. The normalized spacial score (nSPS) is 12.7. The van der Waals surface area contributed by atoms with E-state index in [0.29, 0.717) is 5.75 Å². The molecule has 2 aromatic rings. The Morgan fingerprint density at radius 1 is 1.35 bits per heavy atom. The molecule has 1 aromatic carbocycles. The first kappa shape index (κ1) is 16.9. The average Bonchev–Trinajstić information content (AvgIpc) is 2.95. The summed E-state index contributed by atoms with van der Waals surface area (Å²) in [5, 5.41) is 6.05. The van der Waals surface area contributed by atoms with Gasteiger partial charge in [0.15, 0.2) is 5.69 Å². The largest absolute Gasteiger partial charge is 0.496 e. The number of hydrogen-bond acceptors (Lipinski definition) is 3. The fraction of sp³-hybridized carbons (Fsp3) is 0.333. The van der Waals surface area contributed by atoms with E-state index in [1.165, 1.54) is 7.11 Å². The molecule has 8 heteroatoms. The highest BCUT2D eigenvalue weighted by Crippen LogP contribution is 2.27. The van der Waals surface area contributed by atoms with Crippen LogP contribution in [0.15, 0.2) is 36.5 Å². The van der Waals surface area contributed by atoms with Crippen LogP contribution in [0.5, 0.6) is 5.75 Å². The third-order valence-electron chi connectivity index (χ3n) is 3.22. The Morgan fingerprint density at radius 2 is 2.04 bits per heavy atom.